The number of hydrogen-bond acceptors (Lipinski definition) is 4. The fraction of sp³-hybridized carbons (Fsp3) is 0.222. The molecule has 0 atom stereocenters. The van der Waals surface area contributed by atoms with E-state index in [0.717, 1.165) is 0 Å². The van der Waals surface area contributed by atoms with Crippen LogP contribution in [0.15, 0.2) is 12.1 Å². The highest BCUT2D eigenvalue weighted by molar-refractivity contribution is 5.79. The van der Waals surface area contributed by atoms with Gasteiger partial charge < -0.3 is 15.3 Å². The van der Waals surface area contributed by atoms with Gasteiger partial charge in [0.25, 0.3) is 0 Å². The van der Waals surface area contributed by atoms with Crippen LogP contribution in [0.4, 0.5) is 0 Å². The van der Waals surface area contributed by atoms with Crippen LogP contribution < -0.4 is 0 Å². The number of aliphatic hydroxyl groups excluding tert-OH is 2. The molecule has 0 saturated carbocycles. The summed E-state index contributed by atoms with van der Waals surface area (Å²) in [6.45, 7) is -0.542. The fourth-order valence-electron chi connectivity index (χ4n) is 1.08. The Morgan fingerprint density at radius 1 is 1.15 bits per heavy atom. The Bertz CT molecular complexity index is 320. The van der Waals surface area contributed by atoms with Crippen molar-refractivity contribution in [3.8, 4) is 5.75 Å². The highest BCUT2D eigenvalue weighted by atomic mass is 16.3. The number of aldehydes is 1. The average Bonchev–Trinajstić information content (AvgIpc) is 2.17. The zero-order chi connectivity index (χ0) is 9.84. The lowest BCUT2D eigenvalue weighted by Gasteiger charge is -2.06. The van der Waals surface area contributed by atoms with E-state index in [0.29, 0.717) is 17.4 Å². The molecule has 0 unspecified atom stereocenters. The van der Waals surface area contributed by atoms with Gasteiger partial charge in [0.15, 0.2) is 6.29 Å². The zero-order valence-corrected chi connectivity index (χ0v) is 6.90. The Hall–Kier alpha value is -1.39. The summed E-state index contributed by atoms with van der Waals surface area (Å²) < 4.78 is 0. The van der Waals surface area contributed by atoms with E-state index < -0.39 is 0 Å². The van der Waals surface area contributed by atoms with E-state index in [1.807, 2.05) is 0 Å². The number of benzene rings is 1. The normalized spacial score (nSPS) is 10.0. The molecule has 0 heterocycles. The Balaban J connectivity index is 3.26. The van der Waals surface area contributed by atoms with Crippen molar-refractivity contribution >= 4 is 6.29 Å². The molecule has 0 bridgehead atoms. The molecule has 4 nitrogen and oxygen atoms in total. The highest BCUT2D eigenvalue weighted by Gasteiger charge is 2.06. The quantitative estimate of drug-likeness (QED) is 0.583. The van der Waals surface area contributed by atoms with E-state index in [-0.39, 0.29) is 24.5 Å². The first kappa shape index (κ1) is 9.70. The van der Waals surface area contributed by atoms with E-state index in [9.17, 15) is 9.90 Å². The van der Waals surface area contributed by atoms with Gasteiger partial charge in [-0.3, -0.25) is 4.79 Å². The SMILES string of the molecule is O=Cc1cc(CO)c(CO)cc1O. The molecule has 13 heavy (non-hydrogen) atoms. The third-order valence-corrected chi connectivity index (χ3v) is 1.82. The van der Waals surface area contributed by atoms with Gasteiger partial charge in [0, 0.05) is 0 Å². The summed E-state index contributed by atoms with van der Waals surface area (Å²) in [7, 11) is 0. The first-order chi connectivity index (χ1) is 6.22. The maximum Gasteiger partial charge on any atom is 0.153 e. The molecule has 0 aliphatic rings. The molecule has 3 N–H and O–H groups in total. The van der Waals surface area contributed by atoms with Gasteiger partial charge in [0.2, 0.25) is 0 Å². The lowest BCUT2D eigenvalue weighted by molar-refractivity contribution is 0.112. The summed E-state index contributed by atoms with van der Waals surface area (Å²) in [5, 5.41) is 26.9. The summed E-state index contributed by atoms with van der Waals surface area (Å²) in [5.74, 6) is -0.184. The van der Waals surface area contributed by atoms with Crippen LogP contribution in [0.3, 0.4) is 0 Å². The molecule has 1 rings (SSSR count). The van der Waals surface area contributed by atoms with Crippen molar-refractivity contribution in [3.05, 3.63) is 28.8 Å². The van der Waals surface area contributed by atoms with Crippen molar-refractivity contribution in [1.29, 1.82) is 0 Å². The van der Waals surface area contributed by atoms with Gasteiger partial charge in [0.05, 0.1) is 18.8 Å². The van der Waals surface area contributed by atoms with E-state index in [1.165, 1.54) is 12.1 Å². The summed E-state index contributed by atoms with van der Waals surface area (Å²) in [5.41, 5.74) is 0.981. The first-order valence-corrected chi connectivity index (χ1v) is 3.74. The molecule has 0 saturated heterocycles. The molecule has 0 fully saturated rings. The van der Waals surface area contributed by atoms with Gasteiger partial charge in [-0.15, -0.1) is 0 Å². The number of aliphatic hydroxyl groups is 2. The first-order valence-electron chi connectivity index (χ1n) is 3.74. The van der Waals surface area contributed by atoms with Crippen molar-refractivity contribution in [2.24, 2.45) is 0 Å². The fourth-order valence-corrected chi connectivity index (χ4v) is 1.08. The molecule has 0 aliphatic heterocycles. The van der Waals surface area contributed by atoms with Crippen LogP contribution >= 0.6 is 0 Å². The lowest BCUT2D eigenvalue weighted by atomic mass is 10.0. The zero-order valence-electron chi connectivity index (χ0n) is 6.90. The summed E-state index contributed by atoms with van der Waals surface area (Å²) >= 11 is 0. The van der Waals surface area contributed by atoms with Crippen LogP contribution in [0.25, 0.3) is 0 Å². The van der Waals surface area contributed by atoms with Crippen LogP contribution in [-0.2, 0) is 13.2 Å². The van der Waals surface area contributed by atoms with Crippen molar-refractivity contribution in [2.75, 3.05) is 0 Å². The van der Waals surface area contributed by atoms with Gasteiger partial charge >= 0.3 is 0 Å². The van der Waals surface area contributed by atoms with Gasteiger partial charge in [-0.1, -0.05) is 0 Å². The molecule has 4 heteroatoms. The Kier molecular flexibility index (Phi) is 3.00. The molecule has 1 aromatic carbocycles. The largest absolute Gasteiger partial charge is 0.507 e. The van der Waals surface area contributed by atoms with Crippen LogP contribution in [0.2, 0.25) is 0 Å². The van der Waals surface area contributed by atoms with E-state index in [1.54, 1.807) is 0 Å². The number of hydrogen-bond donors (Lipinski definition) is 3. The average molecular weight is 182 g/mol. The van der Waals surface area contributed by atoms with Crippen molar-refractivity contribution in [1.82, 2.24) is 0 Å². The third kappa shape index (κ3) is 1.85. The second-order valence-corrected chi connectivity index (χ2v) is 2.61. The van der Waals surface area contributed by atoms with Gasteiger partial charge in [0.1, 0.15) is 5.75 Å². The van der Waals surface area contributed by atoms with Gasteiger partial charge in [-0.2, -0.15) is 0 Å². The lowest BCUT2D eigenvalue weighted by Crippen LogP contribution is -1.96. The van der Waals surface area contributed by atoms with Crippen LogP contribution in [0.5, 0.6) is 5.75 Å². The number of phenols is 1. The third-order valence-electron chi connectivity index (χ3n) is 1.82. The second-order valence-electron chi connectivity index (χ2n) is 2.61. The summed E-state index contributed by atoms with van der Waals surface area (Å²) in [6, 6.07) is 2.63. The van der Waals surface area contributed by atoms with E-state index in [2.05, 4.69) is 0 Å². The van der Waals surface area contributed by atoms with Gasteiger partial charge in [-0.25, -0.2) is 0 Å². The highest BCUT2D eigenvalue weighted by Crippen LogP contribution is 2.21. The van der Waals surface area contributed by atoms with E-state index in [4.69, 9.17) is 10.2 Å². The smallest absolute Gasteiger partial charge is 0.153 e. The summed E-state index contributed by atoms with van der Waals surface area (Å²) in [6.07, 6.45) is 0.496. The number of aromatic hydroxyl groups is 1. The molecule has 70 valence electrons. The van der Waals surface area contributed by atoms with Crippen molar-refractivity contribution in [3.63, 3.8) is 0 Å². The maximum atomic E-state index is 10.4. The topological polar surface area (TPSA) is 77.8 Å². The Morgan fingerprint density at radius 2 is 1.69 bits per heavy atom. The minimum atomic E-state index is -0.275. The van der Waals surface area contributed by atoms with Crippen LogP contribution in [0.1, 0.15) is 21.5 Å². The van der Waals surface area contributed by atoms with Crippen LogP contribution in [-0.4, -0.2) is 21.6 Å². The molecule has 1 aromatic rings. The molecule has 0 aromatic heterocycles. The molecule has 0 radical (unpaired) electrons. The van der Waals surface area contributed by atoms with E-state index >= 15 is 0 Å². The molecular weight excluding hydrogens is 172 g/mol. The predicted molar refractivity (Wildman–Crippen MR) is 45.3 cm³/mol. The standard InChI is InChI=1S/C9H10O4/c10-3-6-1-8(5-12)9(13)2-7(6)4-11/h1-2,5,10-11,13H,3-4H2. The summed E-state index contributed by atoms with van der Waals surface area (Å²) in [4.78, 5) is 10.4. The molecule has 0 amide bonds. The number of rotatable bonds is 3. The minimum absolute atomic E-state index is 0.112. The monoisotopic (exact) mass is 182 g/mol. The van der Waals surface area contributed by atoms with Crippen molar-refractivity contribution in [2.45, 2.75) is 13.2 Å². The Morgan fingerprint density at radius 3 is 2.15 bits per heavy atom. The molecular formula is C9H10O4. The molecule has 0 spiro atoms. The Labute approximate surface area is 75.1 Å². The second kappa shape index (κ2) is 4.02. The number of phenolic OH excluding ortho intramolecular Hbond substituents is 1. The van der Waals surface area contributed by atoms with Gasteiger partial charge in [-0.05, 0) is 23.3 Å². The predicted octanol–water partition coefficient (Wildman–Crippen LogP) is 0.189. The number of carbonyl (C=O) groups excluding carboxylic acids is 1. The minimum Gasteiger partial charge on any atom is -0.507 e. The molecule has 0 aliphatic carbocycles. The van der Waals surface area contributed by atoms with Crippen LogP contribution in [0, 0.1) is 0 Å². The maximum absolute atomic E-state index is 10.4. The number of carbonyl (C=O) groups is 1. The van der Waals surface area contributed by atoms with Crippen molar-refractivity contribution < 1.29 is 20.1 Å².